The van der Waals surface area contributed by atoms with Gasteiger partial charge in [-0.3, -0.25) is 9.59 Å². The number of rotatable bonds is 5. The number of nitrogens with zero attached hydrogens (tertiary/aromatic N) is 1. The number of halogens is 1. The van der Waals surface area contributed by atoms with E-state index in [9.17, 15) is 9.59 Å². The second-order valence-corrected chi connectivity index (χ2v) is 7.36. The van der Waals surface area contributed by atoms with Gasteiger partial charge in [0.25, 0.3) is 0 Å². The van der Waals surface area contributed by atoms with Crippen molar-refractivity contribution in [1.29, 1.82) is 0 Å². The maximum Gasteiger partial charge on any atom is 0.225 e. The molecule has 0 bridgehead atoms. The Balaban J connectivity index is 0.00000243. The minimum absolute atomic E-state index is 0. The standard InChI is InChI=1S/C20H29N3O2.ClH/c1-3-14(2)20(25)23-8-4-5-17(13-23)19(24)22-10-15-6-7-16-11-21-12-18(16)9-15;/h6-7,9,14,17,21H,3-5,8,10-13H2,1-2H3,(H,22,24);1H. The summed E-state index contributed by atoms with van der Waals surface area (Å²) >= 11 is 0. The van der Waals surface area contributed by atoms with Crippen LogP contribution < -0.4 is 10.6 Å². The van der Waals surface area contributed by atoms with Crippen LogP contribution in [-0.4, -0.2) is 29.8 Å². The molecule has 0 saturated carbocycles. The summed E-state index contributed by atoms with van der Waals surface area (Å²) in [4.78, 5) is 26.8. The zero-order valence-corrected chi connectivity index (χ0v) is 16.5. The zero-order valence-electron chi connectivity index (χ0n) is 15.7. The van der Waals surface area contributed by atoms with Crippen molar-refractivity contribution < 1.29 is 9.59 Å². The Kier molecular flexibility index (Phi) is 7.47. The lowest BCUT2D eigenvalue weighted by Crippen LogP contribution is -2.46. The first kappa shape index (κ1) is 20.7. The first-order valence-electron chi connectivity index (χ1n) is 9.46. The van der Waals surface area contributed by atoms with E-state index >= 15 is 0 Å². The van der Waals surface area contributed by atoms with Crippen LogP contribution in [-0.2, 0) is 29.2 Å². The summed E-state index contributed by atoms with van der Waals surface area (Å²) in [5.74, 6) is 0.214. The van der Waals surface area contributed by atoms with E-state index in [1.54, 1.807) is 0 Å². The molecule has 6 heteroatoms. The van der Waals surface area contributed by atoms with Crippen molar-refractivity contribution in [2.75, 3.05) is 13.1 Å². The van der Waals surface area contributed by atoms with Gasteiger partial charge < -0.3 is 15.5 Å². The Bertz CT molecular complexity index is 650. The molecule has 0 spiro atoms. The molecule has 2 unspecified atom stereocenters. The highest BCUT2D eigenvalue weighted by Gasteiger charge is 2.29. The van der Waals surface area contributed by atoms with Gasteiger partial charge in [-0.2, -0.15) is 0 Å². The zero-order chi connectivity index (χ0) is 17.8. The van der Waals surface area contributed by atoms with E-state index < -0.39 is 0 Å². The third-order valence-corrected chi connectivity index (χ3v) is 5.51. The predicted octanol–water partition coefficient (Wildman–Crippen LogP) is 2.61. The number of piperidine rings is 1. The lowest BCUT2D eigenvalue weighted by atomic mass is 9.95. The molecule has 1 fully saturated rings. The van der Waals surface area contributed by atoms with Gasteiger partial charge in [-0.1, -0.05) is 32.0 Å². The van der Waals surface area contributed by atoms with Crippen molar-refractivity contribution in [1.82, 2.24) is 15.5 Å². The Hall–Kier alpha value is -1.59. The fraction of sp³-hybridized carbons (Fsp3) is 0.600. The van der Waals surface area contributed by atoms with Crippen molar-refractivity contribution in [2.45, 2.75) is 52.7 Å². The summed E-state index contributed by atoms with van der Waals surface area (Å²) in [6.07, 6.45) is 2.62. The molecule has 2 aliphatic rings. The molecule has 2 N–H and O–H groups in total. The van der Waals surface area contributed by atoms with Gasteiger partial charge >= 0.3 is 0 Å². The summed E-state index contributed by atoms with van der Waals surface area (Å²) in [6.45, 7) is 7.74. The van der Waals surface area contributed by atoms with Crippen molar-refractivity contribution in [2.24, 2.45) is 11.8 Å². The van der Waals surface area contributed by atoms with Crippen LogP contribution in [0.5, 0.6) is 0 Å². The summed E-state index contributed by atoms with van der Waals surface area (Å²) in [5.41, 5.74) is 3.82. The van der Waals surface area contributed by atoms with E-state index in [4.69, 9.17) is 0 Å². The topological polar surface area (TPSA) is 61.4 Å². The summed E-state index contributed by atoms with van der Waals surface area (Å²) in [6, 6.07) is 6.41. The van der Waals surface area contributed by atoms with Gasteiger partial charge in [-0.15, -0.1) is 12.4 Å². The van der Waals surface area contributed by atoms with Crippen LogP contribution in [0.1, 0.15) is 49.8 Å². The summed E-state index contributed by atoms with van der Waals surface area (Å²) in [7, 11) is 0. The lowest BCUT2D eigenvalue weighted by molar-refractivity contribution is -0.139. The second kappa shape index (κ2) is 9.38. The Morgan fingerprint density at radius 2 is 2.08 bits per heavy atom. The molecule has 3 rings (SSSR count). The normalized spacial score (nSPS) is 20.1. The molecule has 0 radical (unpaired) electrons. The molecule has 0 aromatic heterocycles. The first-order chi connectivity index (χ1) is 12.1. The quantitative estimate of drug-likeness (QED) is 0.826. The van der Waals surface area contributed by atoms with Crippen molar-refractivity contribution in [3.8, 4) is 0 Å². The molecule has 2 atom stereocenters. The molecular formula is C20H30ClN3O2. The molecule has 1 saturated heterocycles. The number of hydrogen-bond acceptors (Lipinski definition) is 3. The summed E-state index contributed by atoms with van der Waals surface area (Å²) in [5, 5.41) is 6.40. The third kappa shape index (κ3) is 4.77. The minimum Gasteiger partial charge on any atom is -0.352 e. The van der Waals surface area contributed by atoms with Gasteiger partial charge in [0, 0.05) is 38.6 Å². The minimum atomic E-state index is -0.0853. The number of nitrogens with one attached hydrogen (secondary N) is 2. The van der Waals surface area contributed by atoms with E-state index in [0.717, 1.165) is 44.5 Å². The third-order valence-electron chi connectivity index (χ3n) is 5.51. The van der Waals surface area contributed by atoms with E-state index in [0.29, 0.717) is 13.1 Å². The number of likely N-dealkylation sites (tertiary alicyclic amines) is 1. The maximum atomic E-state index is 12.6. The average Bonchev–Trinajstić information content (AvgIpc) is 3.12. The summed E-state index contributed by atoms with van der Waals surface area (Å²) < 4.78 is 0. The molecule has 0 aliphatic carbocycles. The highest BCUT2D eigenvalue weighted by Crippen LogP contribution is 2.20. The number of fused-ring (bicyclic) bond motifs is 1. The number of amides is 2. The molecule has 2 amide bonds. The number of carbonyl (C=O) groups excluding carboxylic acids is 2. The number of hydrogen-bond donors (Lipinski definition) is 2. The highest BCUT2D eigenvalue weighted by molar-refractivity contribution is 5.85. The molecule has 2 aliphatic heterocycles. The average molecular weight is 380 g/mol. The Morgan fingerprint density at radius 3 is 2.85 bits per heavy atom. The van der Waals surface area contributed by atoms with Crippen LogP contribution >= 0.6 is 12.4 Å². The SMILES string of the molecule is CCC(C)C(=O)N1CCCC(C(=O)NCc2ccc3c(c2)CNC3)C1.Cl. The van der Waals surface area contributed by atoms with Crippen molar-refractivity contribution >= 4 is 24.2 Å². The molecule has 5 nitrogen and oxygen atoms in total. The van der Waals surface area contributed by atoms with Gasteiger partial charge in [0.2, 0.25) is 11.8 Å². The predicted molar refractivity (Wildman–Crippen MR) is 105 cm³/mol. The van der Waals surface area contributed by atoms with Gasteiger partial charge in [-0.25, -0.2) is 0 Å². The van der Waals surface area contributed by atoms with E-state index in [-0.39, 0.29) is 36.1 Å². The lowest BCUT2D eigenvalue weighted by Gasteiger charge is -2.33. The van der Waals surface area contributed by atoms with Gasteiger partial charge in [-0.05, 0) is 36.0 Å². The maximum absolute atomic E-state index is 12.6. The second-order valence-electron chi connectivity index (χ2n) is 7.36. The van der Waals surface area contributed by atoms with Crippen LogP contribution in [0.25, 0.3) is 0 Å². The largest absolute Gasteiger partial charge is 0.352 e. The molecule has 2 heterocycles. The van der Waals surface area contributed by atoms with Gasteiger partial charge in [0.05, 0.1) is 5.92 Å². The van der Waals surface area contributed by atoms with E-state index in [1.165, 1.54) is 11.1 Å². The Labute approximate surface area is 162 Å². The Morgan fingerprint density at radius 1 is 1.31 bits per heavy atom. The molecule has 1 aromatic rings. The van der Waals surface area contributed by atoms with E-state index in [2.05, 4.69) is 28.8 Å². The van der Waals surface area contributed by atoms with Crippen LogP contribution in [0, 0.1) is 11.8 Å². The van der Waals surface area contributed by atoms with Crippen LogP contribution in [0.4, 0.5) is 0 Å². The molecule has 1 aromatic carbocycles. The monoisotopic (exact) mass is 379 g/mol. The number of carbonyl (C=O) groups is 2. The first-order valence-corrected chi connectivity index (χ1v) is 9.46. The van der Waals surface area contributed by atoms with Crippen LogP contribution in [0.3, 0.4) is 0 Å². The molecular weight excluding hydrogens is 350 g/mol. The van der Waals surface area contributed by atoms with Gasteiger partial charge in [0.1, 0.15) is 0 Å². The van der Waals surface area contributed by atoms with Gasteiger partial charge in [0.15, 0.2) is 0 Å². The number of benzene rings is 1. The fourth-order valence-corrected chi connectivity index (χ4v) is 3.67. The highest BCUT2D eigenvalue weighted by atomic mass is 35.5. The van der Waals surface area contributed by atoms with Crippen LogP contribution in [0.2, 0.25) is 0 Å². The smallest absolute Gasteiger partial charge is 0.225 e. The van der Waals surface area contributed by atoms with Crippen LogP contribution in [0.15, 0.2) is 18.2 Å². The molecule has 144 valence electrons. The van der Waals surface area contributed by atoms with E-state index in [1.807, 2.05) is 18.7 Å². The van der Waals surface area contributed by atoms with Crippen molar-refractivity contribution in [3.05, 3.63) is 34.9 Å². The van der Waals surface area contributed by atoms with Crippen molar-refractivity contribution in [3.63, 3.8) is 0 Å². The fourth-order valence-electron chi connectivity index (χ4n) is 3.67. The molecule has 26 heavy (non-hydrogen) atoms.